The predicted octanol–water partition coefficient (Wildman–Crippen LogP) is 0.0839. The minimum Gasteiger partial charge on any atom is -0.314 e. The van der Waals surface area contributed by atoms with E-state index in [1.165, 1.54) is 0 Å². The van der Waals surface area contributed by atoms with Gasteiger partial charge in [-0.1, -0.05) is 0 Å². The summed E-state index contributed by atoms with van der Waals surface area (Å²) in [6, 6.07) is 0. The van der Waals surface area contributed by atoms with E-state index < -0.39 is 8.17 Å². The molecule has 0 aromatic heterocycles. The van der Waals surface area contributed by atoms with Crippen LogP contribution < -0.4 is 0 Å². The van der Waals surface area contributed by atoms with Gasteiger partial charge in [0.25, 0.3) is 0 Å². The van der Waals surface area contributed by atoms with E-state index in [0.717, 1.165) is 0 Å². The second kappa shape index (κ2) is 1.90. The standard InChI is InChI=1S/C3H8O4P/c1-3-2-6-8(4,5)7-3/h3-5H,2H2,1H3. The molecule has 5 heteroatoms. The molecule has 0 bridgehead atoms. The summed E-state index contributed by atoms with van der Waals surface area (Å²) >= 11 is 0. The number of hydrogen-bond acceptors (Lipinski definition) is 4. The van der Waals surface area contributed by atoms with Gasteiger partial charge in [0.2, 0.25) is 0 Å². The molecule has 1 atom stereocenters. The summed E-state index contributed by atoms with van der Waals surface area (Å²) in [5.41, 5.74) is 0. The fourth-order valence-electron chi connectivity index (χ4n) is 0.497. The van der Waals surface area contributed by atoms with Crippen LogP contribution in [0.3, 0.4) is 0 Å². The first-order valence-electron chi connectivity index (χ1n) is 2.28. The maximum atomic E-state index is 8.59. The molecule has 0 amide bonds. The molecule has 49 valence electrons. The van der Waals surface area contributed by atoms with Crippen LogP contribution in [0.1, 0.15) is 6.92 Å². The minimum atomic E-state index is -3.35. The van der Waals surface area contributed by atoms with Gasteiger partial charge in [-0.15, -0.1) is 0 Å². The van der Waals surface area contributed by atoms with Gasteiger partial charge in [0.05, 0.1) is 12.7 Å². The van der Waals surface area contributed by atoms with Crippen LogP contribution in [0.5, 0.6) is 0 Å². The molecule has 1 aliphatic rings. The molecule has 4 nitrogen and oxygen atoms in total. The molecule has 8 heavy (non-hydrogen) atoms. The number of rotatable bonds is 0. The second-order valence-corrected chi connectivity index (χ2v) is 3.15. The van der Waals surface area contributed by atoms with E-state index >= 15 is 0 Å². The van der Waals surface area contributed by atoms with Gasteiger partial charge in [0.1, 0.15) is 0 Å². The third kappa shape index (κ3) is 1.37. The van der Waals surface area contributed by atoms with E-state index in [0.29, 0.717) is 0 Å². The molecule has 0 aromatic rings. The van der Waals surface area contributed by atoms with Gasteiger partial charge in [-0.25, -0.2) is 0 Å². The average molecular weight is 139 g/mol. The van der Waals surface area contributed by atoms with Crippen molar-refractivity contribution in [3.8, 4) is 0 Å². The van der Waals surface area contributed by atoms with Crippen LogP contribution in [-0.2, 0) is 9.05 Å². The summed E-state index contributed by atoms with van der Waals surface area (Å²) in [6.07, 6.45) is -0.182. The van der Waals surface area contributed by atoms with Crippen LogP contribution in [0.15, 0.2) is 0 Å². The highest BCUT2D eigenvalue weighted by Crippen LogP contribution is 2.57. The van der Waals surface area contributed by atoms with Gasteiger partial charge in [0, 0.05) is 0 Å². The summed E-state index contributed by atoms with van der Waals surface area (Å²) in [4.78, 5) is 17.2. The molecule has 1 rings (SSSR count). The lowest BCUT2D eigenvalue weighted by Gasteiger charge is -2.11. The predicted molar refractivity (Wildman–Crippen MR) is 27.9 cm³/mol. The molecular formula is C3H8O4P. The van der Waals surface area contributed by atoms with E-state index in [1.807, 2.05) is 0 Å². The van der Waals surface area contributed by atoms with Crippen molar-refractivity contribution in [1.82, 2.24) is 0 Å². The number of hydrogen-bond donors (Lipinski definition) is 2. The van der Waals surface area contributed by atoms with Crippen LogP contribution in [0, 0.1) is 0 Å². The van der Waals surface area contributed by atoms with E-state index in [2.05, 4.69) is 9.05 Å². The first-order chi connectivity index (χ1) is 3.60. The fourth-order valence-corrected chi connectivity index (χ4v) is 1.49. The highest BCUT2D eigenvalue weighted by Gasteiger charge is 2.34. The Bertz CT molecular complexity index is 93.3. The molecule has 0 aliphatic carbocycles. The minimum absolute atomic E-state index is 0.182. The van der Waals surface area contributed by atoms with Crippen molar-refractivity contribution >= 4 is 8.17 Å². The molecule has 1 aliphatic heterocycles. The summed E-state index contributed by atoms with van der Waals surface area (Å²) in [5, 5.41) is 0. The molecule has 1 radical (unpaired) electrons. The van der Waals surface area contributed by atoms with E-state index in [-0.39, 0.29) is 12.7 Å². The van der Waals surface area contributed by atoms with Crippen molar-refractivity contribution in [2.75, 3.05) is 6.61 Å². The van der Waals surface area contributed by atoms with Gasteiger partial charge in [-0.3, -0.25) is 9.05 Å². The van der Waals surface area contributed by atoms with Crippen LogP contribution in [0.2, 0.25) is 0 Å². The third-order valence-corrected chi connectivity index (χ3v) is 1.91. The van der Waals surface area contributed by atoms with Crippen molar-refractivity contribution in [3.63, 3.8) is 0 Å². The average Bonchev–Trinajstić information content (AvgIpc) is 1.82. The zero-order valence-corrected chi connectivity index (χ0v) is 5.34. The van der Waals surface area contributed by atoms with Gasteiger partial charge >= 0.3 is 8.17 Å². The Balaban J connectivity index is 2.44. The SMILES string of the molecule is CC1CO[P](O)(O)O1. The van der Waals surface area contributed by atoms with E-state index in [4.69, 9.17) is 9.79 Å². The Kier molecular flexibility index (Phi) is 1.52. The highest BCUT2D eigenvalue weighted by atomic mass is 31.2. The molecule has 1 heterocycles. The zero-order chi connectivity index (χ0) is 6.20. The second-order valence-electron chi connectivity index (χ2n) is 1.70. The zero-order valence-electron chi connectivity index (χ0n) is 4.44. The largest absolute Gasteiger partial charge is 0.375 e. The maximum Gasteiger partial charge on any atom is 0.375 e. The summed E-state index contributed by atoms with van der Waals surface area (Å²) in [7, 11) is -3.35. The maximum absolute atomic E-state index is 8.59. The van der Waals surface area contributed by atoms with Crippen molar-refractivity contribution in [1.29, 1.82) is 0 Å². The van der Waals surface area contributed by atoms with Crippen molar-refractivity contribution in [2.24, 2.45) is 0 Å². The van der Waals surface area contributed by atoms with Gasteiger partial charge in [-0.05, 0) is 6.92 Å². The Morgan fingerprint density at radius 1 is 1.62 bits per heavy atom. The third-order valence-electron chi connectivity index (χ3n) is 0.795. The molecule has 0 spiro atoms. The first-order valence-corrected chi connectivity index (χ1v) is 3.81. The lowest BCUT2D eigenvalue weighted by atomic mass is 10.5. The monoisotopic (exact) mass is 139 g/mol. The van der Waals surface area contributed by atoms with Crippen LogP contribution >= 0.6 is 8.17 Å². The molecule has 0 aromatic carbocycles. The Hall–Kier alpha value is 0.270. The lowest BCUT2D eigenvalue weighted by molar-refractivity contribution is 0.198. The summed E-state index contributed by atoms with van der Waals surface area (Å²) in [5.74, 6) is 0. The smallest absolute Gasteiger partial charge is 0.314 e. The molecule has 1 fully saturated rings. The van der Waals surface area contributed by atoms with Crippen LogP contribution in [0.25, 0.3) is 0 Å². The van der Waals surface area contributed by atoms with Crippen LogP contribution in [-0.4, -0.2) is 22.5 Å². The Morgan fingerprint density at radius 3 is 2.38 bits per heavy atom. The first kappa shape index (κ1) is 6.39. The van der Waals surface area contributed by atoms with Gasteiger partial charge < -0.3 is 9.79 Å². The van der Waals surface area contributed by atoms with E-state index in [1.54, 1.807) is 6.92 Å². The van der Waals surface area contributed by atoms with Crippen LogP contribution in [0.4, 0.5) is 0 Å². The van der Waals surface area contributed by atoms with Gasteiger partial charge in [-0.2, -0.15) is 0 Å². The molecule has 1 saturated heterocycles. The Morgan fingerprint density at radius 2 is 2.25 bits per heavy atom. The fraction of sp³-hybridized carbons (Fsp3) is 1.00. The van der Waals surface area contributed by atoms with Crippen molar-refractivity contribution in [3.05, 3.63) is 0 Å². The topological polar surface area (TPSA) is 58.9 Å². The summed E-state index contributed by atoms with van der Waals surface area (Å²) < 4.78 is 9.00. The summed E-state index contributed by atoms with van der Waals surface area (Å²) in [6.45, 7) is 2.00. The lowest BCUT2D eigenvalue weighted by Crippen LogP contribution is -2.00. The highest BCUT2D eigenvalue weighted by molar-refractivity contribution is 7.54. The molecular weight excluding hydrogens is 131 g/mol. The normalized spacial score (nSPS) is 35.6. The Labute approximate surface area is 47.7 Å². The molecule has 1 unspecified atom stereocenters. The molecule has 2 N–H and O–H groups in total. The van der Waals surface area contributed by atoms with Crippen molar-refractivity contribution < 1.29 is 18.8 Å². The van der Waals surface area contributed by atoms with Crippen molar-refractivity contribution in [2.45, 2.75) is 13.0 Å². The molecule has 0 saturated carbocycles. The van der Waals surface area contributed by atoms with E-state index in [9.17, 15) is 0 Å². The van der Waals surface area contributed by atoms with Gasteiger partial charge in [0.15, 0.2) is 0 Å². The quantitative estimate of drug-likeness (QED) is 0.467.